The molecule has 0 bridgehead atoms. The maximum Gasteiger partial charge on any atom is 0.406 e. The van der Waals surface area contributed by atoms with Crippen molar-refractivity contribution in [2.75, 3.05) is 26.2 Å². The molecule has 0 unspecified atom stereocenters. The molecule has 154 valence electrons. The van der Waals surface area contributed by atoms with Crippen LogP contribution in [0.15, 0.2) is 34.7 Å². The molecule has 2 saturated heterocycles. The molecule has 7 nitrogen and oxygen atoms in total. The summed E-state index contributed by atoms with van der Waals surface area (Å²) in [7, 11) is 0. The van der Waals surface area contributed by atoms with Gasteiger partial charge in [-0.3, -0.25) is 14.5 Å². The number of alkyl halides is 3. The third kappa shape index (κ3) is 3.79. The van der Waals surface area contributed by atoms with E-state index in [1.807, 2.05) is 18.2 Å². The highest BCUT2D eigenvalue weighted by atomic mass is 19.4. The summed E-state index contributed by atoms with van der Waals surface area (Å²) in [4.78, 5) is 39.8. The molecule has 29 heavy (non-hydrogen) atoms. The van der Waals surface area contributed by atoms with Crippen LogP contribution in [0.25, 0.3) is 11.0 Å². The molecule has 0 radical (unpaired) electrons. The molecule has 3 heterocycles. The Balaban J connectivity index is 1.38. The van der Waals surface area contributed by atoms with Gasteiger partial charge in [0.1, 0.15) is 18.7 Å². The lowest BCUT2D eigenvalue weighted by Crippen LogP contribution is -2.48. The number of para-hydroxylation sites is 1. The number of imide groups is 1. The number of likely N-dealkylation sites (tertiary alicyclic amines) is 1. The summed E-state index contributed by atoms with van der Waals surface area (Å²) >= 11 is 0. The van der Waals surface area contributed by atoms with Gasteiger partial charge in [0.05, 0.1) is 0 Å². The molecule has 2 aliphatic rings. The van der Waals surface area contributed by atoms with E-state index < -0.39 is 24.7 Å². The van der Waals surface area contributed by atoms with E-state index in [0.717, 1.165) is 5.39 Å². The van der Waals surface area contributed by atoms with Crippen molar-refractivity contribution in [1.82, 2.24) is 14.7 Å². The minimum absolute atomic E-state index is 0.216. The number of piperidine rings is 1. The first-order chi connectivity index (χ1) is 13.7. The molecule has 1 aromatic heterocycles. The predicted molar refractivity (Wildman–Crippen MR) is 95.0 cm³/mol. The van der Waals surface area contributed by atoms with Gasteiger partial charge in [-0.15, -0.1) is 0 Å². The zero-order chi connectivity index (χ0) is 20.8. The second-order valence-corrected chi connectivity index (χ2v) is 7.18. The highest BCUT2D eigenvalue weighted by Crippen LogP contribution is 2.27. The normalized spacial score (nSPS) is 18.9. The smallest absolute Gasteiger partial charge is 0.406 e. The fourth-order valence-electron chi connectivity index (χ4n) is 3.80. The molecule has 1 aromatic carbocycles. The van der Waals surface area contributed by atoms with Crippen LogP contribution in [0.1, 0.15) is 23.4 Å². The average molecular weight is 409 g/mol. The highest BCUT2D eigenvalue weighted by Gasteiger charge is 2.45. The Labute approximate surface area is 163 Å². The van der Waals surface area contributed by atoms with Crippen molar-refractivity contribution in [3.63, 3.8) is 0 Å². The molecule has 0 atom stereocenters. The monoisotopic (exact) mass is 409 g/mol. The number of benzene rings is 1. The van der Waals surface area contributed by atoms with Crippen molar-refractivity contribution < 1.29 is 32.0 Å². The van der Waals surface area contributed by atoms with Gasteiger partial charge in [-0.1, -0.05) is 18.2 Å². The topological polar surface area (TPSA) is 74.1 Å². The van der Waals surface area contributed by atoms with Gasteiger partial charge < -0.3 is 14.2 Å². The SMILES string of the molecule is O=C(c1cc2ccccc2o1)N1CCC(N2CC(=O)N(CC(F)(F)F)C2=O)CC1. The summed E-state index contributed by atoms with van der Waals surface area (Å²) in [6, 6.07) is 7.61. The number of amides is 4. The Hall–Kier alpha value is -3.04. The number of rotatable bonds is 3. The highest BCUT2D eigenvalue weighted by molar-refractivity contribution is 6.02. The van der Waals surface area contributed by atoms with Gasteiger partial charge in [-0.2, -0.15) is 13.2 Å². The second kappa shape index (κ2) is 7.09. The zero-order valence-corrected chi connectivity index (χ0v) is 15.3. The fourth-order valence-corrected chi connectivity index (χ4v) is 3.80. The minimum atomic E-state index is -4.64. The largest absolute Gasteiger partial charge is 0.451 e. The number of nitrogens with zero attached hydrogens (tertiary/aromatic N) is 3. The molecular weight excluding hydrogens is 391 g/mol. The lowest BCUT2D eigenvalue weighted by molar-refractivity contribution is -0.151. The number of carbonyl (C=O) groups excluding carboxylic acids is 3. The number of hydrogen-bond donors (Lipinski definition) is 0. The summed E-state index contributed by atoms with van der Waals surface area (Å²) in [5, 5.41) is 0.816. The number of fused-ring (bicyclic) bond motifs is 1. The Morgan fingerprint density at radius 1 is 1.14 bits per heavy atom. The lowest BCUT2D eigenvalue weighted by Gasteiger charge is -2.35. The van der Waals surface area contributed by atoms with Crippen LogP contribution >= 0.6 is 0 Å². The van der Waals surface area contributed by atoms with E-state index in [2.05, 4.69) is 0 Å². The van der Waals surface area contributed by atoms with Gasteiger partial charge >= 0.3 is 12.2 Å². The van der Waals surface area contributed by atoms with Gasteiger partial charge in [0.25, 0.3) is 11.8 Å². The molecule has 4 rings (SSSR count). The number of carbonyl (C=O) groups is 3. The summed E-state index contributed by atoms with van der Waals surface area (Å²) in [5.74, 6) is -0.913. The van der Waals surface area contributed by atoms with Crippen LogP contribution in [0, 0.1) is 0 Å². The van der Waals surface area contributed by atoms with Gasteiger partial charge in [-0.25, -0.2) is 4.79 Å². The summed E-state index contributed by atoms with van der Waals surface area (Å²) < 4.78 is 43.3. The first-order valence-corrected chi connectivity index (χ1v) is 9.18. The average Bonchev–Trinajstić information content (AvgIpc) is 3.23. The Morgan fingerprint density at radius 2 is 1.83 bits per heavy atom. The molecule has 0 spiro atoms. The van der Waals surface area contributed by atoms with Gasteiger partial charge in [0.15, 0.2) is 5.76 Å². The molecule has 10 heteroatoms. The van der Waals surface area contributed by atoms with Crippen LogP contribution < -0.4 is 0 Å². The number of urea groups is 1. The summed E-state index contributed by atoms with van der Waals surface area (Å²) in [6.07, 6.45) is -3.88. The van der Waals surface area contributed by atoms with Crippen LogP contribution in [-0.4, -0.2) is 70.9 Å². The Kier molecular flexibility index (Phi) is 4.71. The molecular formula is C19H18F3N3O4. The van der Waals surface area contributed by atoms with Gasteiger partial charge in [0, 0.05) is 24.5 Å². The van der Waals surface area contributed by atoms with Crippen molar-refractivity contribution in [3.8, 4) is 0 Å². The van der Waals surface area contributed by atoms with E-state index in [1.165, 1.54) is 4.90 Å². The van der Waals surface area contributed by atoms with Crippen LogP contribution in [0.2, 0.25) is 0 Å². The molecule has 2 aromatic rings. The molecule has 0 aliphatic carbocycles. The number of halogens is 3. The Morgan fingerprint density at radius 3 is 2.48 bits per heavy atom. The Bertz CT molecular complexity index is 930. The summed E-state index contributed by atoms with van der Waals surface area (Å²) in [5.41, 5.74) is 0.608. The predicted octanol–water partition coefficient (Wildman–Crippen LogP) is 2.86. The third-order valence-electron chi connectivity index (χ3n) is 5.25. The first kappa shape index (κ1) is 19.3. The molecule has 2 fully saturated rings. The quantitative estimate of drug-likeness (QED) is 0.731. The van der Waals surface area contributed by atoms with Crippen molar-refractivity contribution in [2.24, 2.45) is 0 Å². The summed E-state index contributed by atoms with van der Waals surface area (Å²) in [6.45, 7) is -1.31. The fraction of sp³-hybridized carbons (Fsp3) is 0.421. The van der Waals surface area contributed by atoms with Crippen LogP contribution in [0.3, 0.4) is 0 Å². The van der Waals surface area contributed by atoms with E-state index in [9.17, 15) is 27.6 Å². The van der Waals surface area contributed by atoms with Crippen molar-refractivity contribution in [2.45, 2.75) is 25.1 Å². The van der Waals surface area contributed by atoms with E-state index >= 15 is 0 Å². The maximum absolute atomic E-state index is 12.7. The minimum Gasteiger partial charge on any atom is -0.451 e. The number of hydrogen-bond acceptors (Lipinski definition) is 4. The molecule has 2 aliphatic heterocycles. The van der Waals surface area contributed by atoms with Gasteiger partial charge in [-0.05, 0) is 25.0 Å². The van der Waals surface area contributed by atoms with E-state index in [4.69, 9.17) is 4.42 Å². The standard InChI is InChI=1S/C19H18F3N3O4/c20-19(21,22)11-25-16(26)10-24(18(25)28)13-5-7-23(8-6-13)17(27)15-9-12-3-1-2-4-14(12)29-15/h1-4,9,13H,5-8,10-11H2. The molecule has 0 saturated carbocycles. The zero-order valence-electron chi connectivity index (χ0n) is 15.3. The van der Waals surface area contributed by atoms with Crippen LogP contribution in [-0.2, 0) is 4.79 Å². The molecule has 0 N–H and O–H groups in total. The van der Waals surface area contributed by atoms with E-state index in [0.29, 0.717) is 31.5 Å². The third-order valence-corrected chi connectivity index (χ3v) is 5.25. The molecule has 4 amide bonds. The van der Waals surface area contributed by atoms with Crippen LogP contribution in [0.5, 0.6) is 0 Å². The lowest BCUT2D eigenvalue weighted by atomic mass is 10.0. The second-order valence-electron chi connectivity index (χ2n) is 7.18. The van der Waals surface area contributed by atoms with Crippen LogP contribution in [0.4, 0.5) is 18.0 Å². The van der Waals surface area contributed by atoms with E-state index in [-0.39, 0.29) is 29.2 Å². The van der Waals surface area contributed by atoms with Crippen molar-refractivity contribution in [1.29, 1.82) is 0 Å². The maximum atomic E-state index is 12.7. The van der Waals surface area contributed by atoms with Gasteiger partial charge in [0.2, 0.25) is 0 Å². The first-order valence-electron chi connectivity index (χ1n) is 9.18. The van der Waals surface area contributed by atoms with Crippen molar-refractivity contribution in [3.05, 3.63) is 36.1 Å². The number of furan rings is 1. The van der Waals surface area contributed by atoms with Crippen molar-refractivity contribution >= 4 is 28.8 Å². The van der Waals surface area contributed by atoms with E-state index in [1.54, 1.807) is 17.0 Å².